The minimum atomic E-state index is -0.259. The van der Waals surface area contributed by atoms with Gasteiger partial charge >= 0.3 is 0 Å². The molecule has 5 rings (SSSR count). The van der Waals surface area contributed by atoms with Crippen LogP contribution in [0.3, 0.4) is 0 Å². The van der Waals surface area contributed by atoms with E-state index >= 15 is 0 Å². The highest BCUT2D eigenvalue weighted by atomic mass is 16.5. The zero-order chi connectivity index (χ0) is 20.6. The number of carbonyl (C=O) groups is 1. The summed E-state index contributed by atoms with van der Waals surface area (Å²) in [7, 11) is 0. The van der Waals surface area contributed by atoms with E-state index in [0.29, 0.717) is 18.5 Å². The molecule has 4 heterocycles. The number of piperidine rings is 1. The van der Waals surface area contributed by atoms with Crippen molar-refractivity contribution in [2.75, 3.05) is 45.9 Å². The average Bonchev–Trinajstić information content (AvgIpc) is 3.41. The fourth-order valence-electron chi connectivity index (χ4n) is 6.31. The molecule has 0 spiro atoms. The molecule has 0 unspecified atom stereocenters. The molecule has 1 aliphatic carbocycles. The van der Waals surface area contributed by atoms with E-state index in [-0.39, 0.29) is 11.3 Å². The maximum absolute atomic E-state index is 13.7. The molecule has 1 aromatic heterocycles. The number of rotatable bonds is 5. The molecule has 0 aromatic carbocycles. The number of carbonyl (C=O) groups excluding carboxylic acids is 1. The number of ether oxygens (including phenoxy) is 1. The first-order valence-electron chi connectivity index (χ1n) is 11.9. The predicted octanol–water partition coefficient (Wildman–Crippen LogP) is 1.05. The highest BCUT2D eigenvalue weighted by molar-refractivity contribution is 5.83. The smallest absolute Gasteiger partial charge is 0.228 e. The van der Waals surface area contributed by atoms with Crippen LogP contribution >= 0.6 is 0 Å². The van der Waals surface area contributed by atoms with Crippen molar-refractivity contribution in [1.29, 1.82) is 0 Å². The molecular weight excluding hydrogens is 380 g/mol. The van der Waals surface area contributed by atoms with E-state index < -0.39 is 0 Å². The van der Waals surface area contributed by atoms with Crippen molar-refractivity contribution >= 4 is 5.91 Å². The van der Waals surface area contributed by atoms with Gasteiger partial charge in [0.1, 0.15) is 5.82 Å². The zero-order valence-corrected chi connectivity index (χ0v) is 18.3. The molecule has 3 atom stereocenters. The summed E-state index contributed by atoms with van der Waals surface area (Å²) in [5, 5.41) is 11.9. The molecule has 3 aliphatic heterocycles. The molecule has 166 valence electrons. The number of amides is 1. The molecule has 1 aromatic rings. The van der Waals surface area contributed by atoms with Crippen molar-refractivity contribution in [3.8, 4) is 0 Å². The van der Waals surface area contributed by atoms with Crippen molar-refractivity contribution in [1.82, 2.24) is 29.9 Å². The van der Waals surface area contributed by atoms with E-state index in [1.165, 1.54) is 0 Å². The summed E-state index contributed by atoms with van der Waals surface area (Å²) in [4.78, 5) is 18.7. The lowest BCUT2D eigenvalue weighted by atomic mass is 9.61. The Morgan fingerprint density at radius 2 is 2.07 bits per heavy atom. The summed E-state index contributed by atoms with van der Waals surface area (Å²) in [6.07, 6.45) is 6.50. The first-order chi connectivity index (χ1) is 14.7. The van der Waals surface area contributed by atoms with Gasteiger partial charge in [0.25, 0.3) is 0 Å². The molecule has 8 heteroatoms. The van der Waals surface area contributed by atoms with Crippen LogP contribution in [-0.4, -0.2) is 82.5 Å². The lowest BCUT2D eigenvalue weighted by Gasteiger charge is -2.53. The first kappa shape index (κ1) is 20.4. The fourth-order valence-corrected chi connectivity index (χ4v) is 6.31. The minimum Gasteiger partial charge on any atom is -0.379 e. The molecular formula is C22H36N6O2. The normalized spacial score (nSPS) is 32.6. The second-order valence-corrected chi connectivity index (χ2v) is 9.56. The quantitative estimate of drug-likeness (QED) is 0.774. The fraction of sp³-hybridized carbons (Fsp3) is 0.864. The Balaban J connectivity index is 1.29. The van der Waals surface area contributed by atoms with Gasteiger partial charge < -0.3 is 19.5 Å². The highest BCUT2D eigenvalue weighted by Crippen LogP contribution is 2.47. The van der Waals surface area contributed by atoms with Gasteiger partial charge in [-0.15, -0.1) is 10.2 Å². The Labute approximate surface area is 179 Å². The number of nitrogens with one attached hydrogen (secondary N) is 1. The Morgan fingerprint density at radius 3 is 2.90 bits per heavy atom. The summed E-state index contributed by atoms with van der Waals surface area (Å²) in [5.41, 5.74) is -0.259. The Hall–Kier alpha value is -1.51. The maximum atomic E-state index is 13.7. The van der Waals surface area contributed by atoms with Crippen molar-refractivity contribution in [3.63, 3.8) is 0 Å². The van der Waals surface area contributed by atoms with Crippen molar-refractivity contribution in [2.45, 2.75) is 64.6 Å². The third-order valence-electron chi connectivity index (χ3n) is 8.12. The Bertz CT molecular complexity index is 761. The van der Waals surface area contributed by atoms with Gasteiger partial charge in [0.2, 0.25) is 5.91 Å². The summed E-state index contributed by atoms with van der Waals surface area (Å²) in [6, 6.07) is 0.604. The van der Waals surface area contributed by atoms with Crippen LogP contribution in [0.5, 0.6) is 0 Å². The molecule has 3 fully saturated rings. The van der Waals surface area contributed by atoms with Gasteiger partial charge in [0.05, 0.1) is 25.2 Å². The van der Waals surface area contributed by atoms with E-state index in [1.807, 2.05) is 0 Å². The summed E-state index contributed by atoms with van der Waals surface area (Å²) in [6.45, 7) is 10.5. The van der Waals surface area contributed by atoms with Crippen LogP contribution in [0, 0.1) is 11.3 Å². The number of fused-ring (bicyclic) bond motifs is 2. The van der Waals surface area contributed by atoms with Crippen molar-refractivity contribution < 1.29 is 9.53 Å². The Morgan fingerprint density at radius 1 is 1.20 bits per heavy atom. The first-order valence-corrected chi connectivity index (χ1v) is 11.9. The van der Waals surface area contributed by atoms with E-state index in [2.05, 4.69) is 36.8 Å². The summed E-state index contributed by atoms with van der Waals surface area (Å²) in [5.74, 6) is 2.68. The van der Waals surface area contributed by atoms with Gasteiger partial charge in [-0.2, -0.15) is 0 Å². The average molecular weight is 417 g/mol. The molecule has 30 heavy (non-hydrogen) atoms. The summed E-state index contributed by atoms with van der Waals surface area (Å²) >= 11 is 0. The third kappa shape index (κ3) is 3.67. The number of hydrogen-bond donors (Lipinski definition) is 1. The number of aromatic nitrogens is 3. The Kier molecular flexibility index (Phi) is 5.82. The van der Waals surface area contributed by atoms with Crippen LogP contribution in [0.2, 0.25) is 0 Å². The van der Waals surface area contributed by atoms with Gasteiger partial charge in [-0.1, -0.05) is 6.92 Å². The van der Waals surface area contributed by atoms with Crippen molar-refractivity contribution in [3.05, 3.63) is 11.6 Å². The number of hydrogen-bond acceptors (Lipinski definition) is 6. The standard InChI is InChI=1S/C22H36N6O2/c1-2-26-9-6-17-14-18(27-10-12-30-13-11-27)5-7-22(17,16-26)21(29)23-15-20-25-24-19-4-3-8-28(19)20/h17-18H,2-16H2,1H3,(H,23,29)/t17-,18+,22-/m1/s1. The molecule has 0 radical (unpaired) electrons. The molecule has 4 aliphatic rings. The second kappa shape index (κ2) is 8.55. The van der Waals surface area contributed by atoms with Gasteiger partial charge in [-0.3, -0.25) is 9.69 Å². The molecule has 1 amide bonds. The van der Waals surface area contributed by atoms with Crippen LogP contribution in [0.15, 0.2) is 0 Å². The van der Waals surface area contributed by atoms with Crippen LogP contribution in [0.1, 0.15) is 50.7 Å². The SMILES string of the molecule is CCN1CC[C@@H]2C[C@@H](N3CCOCC3)CC[C@@]2(C(=O)NCc2nnc3n2CCC3)C1. The minimum absolute atomic E-state index is 0.237. The highest BCUT2D eigenvalue weighted by Gasteiger charge is 2.52. The van der Waals surface area contributed by atoms with Gasteiger partial charge in [-0.25, -0.2) is 0 Å². The second-order valence-electron chi connectivity index (χ2n) is 9.56. The van der Waals surface area contributed by atoms with Crippen LogP contribution in [-0.2, 0) is 29.0 Å². The summed E-state index contributed by atoms with van der Waals surface area (Å²) < 4.78 is 7.74. The van der Waals surface area contributed by atoms with Crippen LogP contribution < -0.4 is 5.32 Å². The molecule has 1 saturated carbocycles. The predicted molar refractivity (Wildman–Crippen MR) is 113 cm³/mol. The third-order valence-corrected chi connectivity index (χ3v) is 8.12. The molecule has 2 saturated heterocycles. The molecule has 0 bridgehead atoms. The molecule has 8 nitrogen and oxygen atoms in total. The maximum Gasteiger partial charge on any atom is 0.228 e. The van der Waals surface area contributed by atoms with Crippen LogP contribution in [0.25, 0.3) is 0 Å². The number of nitrogens with zero attached hydrogens (tertiary/aromatic N) is 5. The number of morpholine rings is 1. The lowest BCUT2D eigenvalue weighted by molar-refractivity contribution is -0.145. The van der Waals surface area contributed by atoms with Gasteiger partial charge in [0, 0.05) is 38.6 Å². The lowest BCUT2D eigenvalue weighted by Crippen LogP contribution is -2.60. The van der Waals surface area contributed by atoms with E-state index in [4.69, 9.17) is 4.74 Å². The number of aryl methyl sites for hydroxylation is 1. The van der Waals surface area contributed by atoms with Gasteiger partial charge in [-0.05, 0) is 51.1 Å². The van der Waals surface area contributed by atoms with E-state index in [9.17, 15) is 4.79 Å². The van der Waals surface area contributed by atoms with E-state index in [0.717, 1.165) is 103 Å². The monoisotopic (exact) mass is 416 g/mol. The topological polar surface area (TPSA) is 75.5 Å². The van der Waals surface area contributed by atoms with Gasteiger partial charge in [0.15, 0.2) is 5.82 Å². The molecule has 1 N–H and O–H groups in total. The zero-order valence-electron chi connectivity index (χ0n) is 18.3. The largest absolute Gasteiger partial charge is 0.379 e. The van der Waals surface area contributed by atoms with Crippen molar-refractivity contribution in [2.24, 2.45) is 11.3 Å². The van der Waals surface area contributed by atoms with E-state index in [1.54, 1.807) is 0 Å². The number of likely N-dealkylation sites (tertiary alicyclic amines) is 1. The van der Waals surface area contributed by atoms with Crippen LogP contribution in [0.4, 0.5) is 0 Å².